The van der Waals surface area contributed by atoms with Crippen LogP contribution in [0, 0.1) is 6.92 Å². The van der Waals surface area contributed by atoms with Gasteiger partial charge in [-0.3, -0.25) is 0 Å². The highest BCUT2D eigenvalue weighted by atomic mass is 15.2. The lowest BCUT2D eigenvalue weighted by Gasteiger charge is -2.41. The van der Waals surface area contributed by atoms with E-state index in [0.717, 1.165) is 30.8 Å². The standard InChI is InChI=1S/C24H26N3/c1-19-12-14-22(15-13-19)27-17-16-23(25-20-8-4-2-5-9-20)24(18-27)26-21-10-6-3-7-11-21/h2-15,23-26H,1,16-18H2. The molecule has 2 atom stereocenters. The highest BCUT2D eigenvalue weighted by Gasteiger charge is 2.29. The molecule has 0 amide bonds. The largest absolute Gasteiger partial charge is 0.380 e. The Labute approximate surface area is 162 Å². The highest BCUT2D eigenvalue weighted by molar-refractivity contribution is 5.52. The van der Waals surface area contributed by atoms with Gasteiger partial charge in [-0.05, 0) is 55.3 Å². The average Bonchev–Trinajstić information content (AvgIpc) is 2.71. The van der Waals surface area contributed by atoms with Crippen molar-refractivity contribution in [2.24, 2.45) is 0 Å². The molecule has 1 radical (unpaired) electrons. The fraction of sp³-hybridized carbons (Fsp3) is 0.208. The lowest BCUT2D eigenvalue weighted by atomic mass is 9.97. The summed E-state index contributed by atoms with van der Waals surface area (Å²) in [5, 5.41) is 7.48. The van der Waals surface area contributed by atoms with Gasteiger partial charge in [0.1, 0.15) is 0 Å². The number of hydrogen-bond donors (Lipinski definition) is 2. The molecule has 1 aliphatic heterocycles. The van der Waals surface area contributed by atoms with Crippen LogP contribution in [0.2, 0.25) is 0 Å². The number of rotatable bonds is 5. The Kier molecular flexibility index (Phi) is 5.29. The van der Waals surface area contributed by atoms with Gasteiger partial charge in [-0.15, -0.1) is 0 Å². The van der Waals surface area contributed by atoms with Crippen LogP contribution in [0.4, 0.5) is 17.1 Å². The predicted molar refractivity (Wildman–Crippen MR) is 115 cm³/mol. The molecule has 0 aliphatic carbocycles. The molecule has 27 heavy (non-hydrogen) atoms. The number of anilines is 3. The molecule has 1 aliphatic rings. The van der Waals surface area contributed by atoms with E-state index in [9.17, 15) is 0 Å². The van der Waals surface area contributed by atoms with Crippen molar-refractivity contribution in [1.82, 2.24) is 0 Å². The van der Waals surface area contributed by atoms with Gasteiger partial charge in [0.05, 0.1) is 6.04 Å². The van der Waals surface area contributed by atoms with E-state index in [1.165, 1.54) is 11.4 Å². The van der Waals surface area contributed by atoms with Crippen molar-refractivity contribution in [3.63, 3.8) is 0 Å². The zero-order valence-electron chi connectivity index (χ0n) is 15.5. The van der Waals surface area contributed by atoms with E-state index in [-0.39, 0.29) is 0 Å². The van der Waals surface area contributed by atoms with Gasteiger partial charge in [0.2, 0.25) is 0 Å². The first-order chi connectivity index (χ1) is 13.3. The molecule has 4 rings (SSSR count). The monoisotopic (exact) mass is 356 g/mol. The van der Waals surface area contributed by atoms with Gasteiger partial charge < -0.3 is 15.5 Å². The van der Waals surface area contributed by atoms with E-state index in [2.05, 4.69) is 107 Å². The van der Waals surface area contributed by atoms with E-state index in [0.29, 0.717) is 12.1 Å². The van der Waals surface area contributed by atoms with Crippen LogP contribution in [-0.2, 0) is 0 Å². The molecule has 0 aromatic heterocycles. The molecular weight excluding hydrogens is 330 g/mol. The van der Waals surface area contributed by atoms with Gasteiger partial charge in [0, 0.05) is 36.2 Å². The van der Waals surface area contributed by atoms with Crippen molar-refractivity contribution in [3.05, 3.63) is 97.4 Å². The van der Waals surface area contributed by atoms with Gasteiger partial charge in [0.15, 0.2) is 0 Å². The molecular formula is C24H26N3. The highest BCUT2D eigenvalue weighted by Crippen LogP contribution is 2.25. The molecule has 1 saturated heterocycles. The molecule has 3 heteroatoms. The summed E-state index contributed by atoms with van der Waals surface area (Å²) >= 11 is 0. The number of hydrogen-bond acceptors (Lipinski definition) is 3. The summed E-state index contributed by atoms with van der Waals surface area (Å²) in [7, 11) is 0. The van der Waals surface area contributed by atoms with Crippen LogP contribution in [0.15, 0.2) is 84.9 Å². The van der Waals surface area contributed by atoms with E-state index >= 15 is 0 Å². The molecule has 2 N–H and O–H groups in total. The number of benzene rings is 3. The van der Waals surface area contributed by atoms with Crippen molar-refractivity contribution in [3.8, 4) is 0 Å². The Morgan fingerprint density at radius 1 is 0.704 bits per heavy atom. The molecule has 0 spiro atoms. The van der Waals surface area contributed by atoms with Gasteiger partial charge in [-0.2, -0.15) is 0 Å². The molecule has 3 nitrogen and oxygen atoms in total. The first-order valence-electron chi connectivity index (χ1n) is 9.58. The van der Waals surface area contributed by atoms with Crippen LogP contribution in [0.3, 0.4) is 0 Å². The molecule has 0 bridgehead atoms. The minimum atomic E-state index is 0.306. The topological polar surface area (TPSA) is 27.3 Å². The second kappa shape index (κ2) is 8.17. The van der Waals surface area contributed by atoms with Crippen LogP contribution in [0.25, 0.3) is 0 Å². The Balaban J connectivity index is 1.53. The van der Waals surface area contributed by atoms with Gasteiger partial charge in [0.25, 0.3) is 0 Å². The van der Waals surface area contributed by atoms with Crippen LogP contribution in [0.5, 0.6) is 0 Å². The van der Waals surface area contributed by atoms with E-state index in [1.54, 1.807) is 0 Å². The first kappa shape index (κ1) is 17.5. The third-order valence-corrected chi connectivity index (χ3v) is 5.17. The minimum absolute atomic E-state index is 0.306. The summed E-state index contributed by atoms with van der Waals surface area (Å²) < 4.78 is 0. The number of piperidine rings is 1. The fourth-order valence-corrected chi connectivity index (χ4v) is 3.71. The lowest BCUT2D eigenvalue weighted by molar-refractivity contribution is 0.483. The molecule has 2 unspecified atom stereocenters. The third-order valence-electron chi connectivity index (χ3n) is 5.17. The quantitative estimate of drug-likeness (QED) is 0.671. The summed E-state index contributed by atoms with van der Waals surface area (Å²) in [5.41, 5.74) is 4.66. The van der Waals surface area contributed by atoms with Crippen LogP contribution in [0.1, 0.15) is 12.0 Å². The summed E-state index contributed by atoms with van der Waals surface area (Å²) in [5.74, 6) is 0. The number of para-hydroxylation sites is 2. The molecule has 3 aromatic rings. The van der Waals surface area contributed by atoms with Crippen molar-refractivity contribution >= 4 is 17.1 Å². The van der Waals surface area contributed by atoms with Gasteiger partial charge >= 0.3 is 0 Å². The lowest BCUT2D eigenvalue weighted by Crippen LogP contribution is -2.53. The number of nitrogens with zero attached hydrogens (tertiary/aromatic N) is 1. The van der Waals surface area contributed by atoms with Crippen molar-refractivity contribution in [2.45, 2.75) is 18.5 Å². The second-order valence-electron chi connectivity index (χ2n) is 7.13. The molecule has 0 saturated carbocycles. The predicted octanol–water partition coefficient (Wildman–Crippen LogP) is 5.04. The Bertz CT molecular complexity index is 831. The van der Waals surface area contributed by atoms with E-state index in [4.69, 9.17) is 0 Å². The average molecular weight is 356 g/mol. The third kappa shape index (κ3) is 4.43. The zero-order valence-corrected chi connectivity index (χ0v) is 15.5. The summed E-state index contributed by atoms with van der Waals surface area (Å²) in [4.78, 5) is 2.46. The summed E-state index contributed by atoms with van der Waals surface area (Å²) in [6.45, 7) is 5.99. The summed E-state index contributed by atoms with van der Waals surface area (Å²) in [6.07, 6.45) is 1.07. The molecule has 1 heterocycles. The van der Waals surface area contributed by atoms with Gasteiger partial charge in [-0.1, -0.05) is 48.5 Å². The fourth-order valence-electron chi connectivity index (χ4n) is 3.71. The normalized spacial score (nSPS) is 19.5. The summed E-state index contributed by atoms with van der Waals surface area (Å²) in [6, 6.07) is 30.2. The van der Waals surface area contributed by atoms with E-state index < -0.39 is 0 Å². The first-order valence-corrected chi connectivity index (χ1v) is 9.58. The molecule has 1 fully saturated rings. The van der Waals surface area contributed by atoms with Gasteiger partial charge in [-0.25, -0.2) is 0 Å². The van der Waals surface area contributed by atoms with E-state index in [1.807, 2.05) is 0 Å². The number of nitrogens with one attached hydrogen (secondary N) is 2. The van der Waals surface area contributed by atoms with Crippen molar-refractivity contribution in [2.75, 3.05) is 28.6 Å². The van der Waals surface area contributed by atoms with Crippen molar-refractivity contribution in [1.29, 1.82) is 0 Å². The zero-order chi connectivity index (χ0) is 18.5. The molecule has 137 valence electrons. The smallest absolute Gasteiger partial charge is 0.0638 e. The van der Waals surface area contributed by atoms with Crippen LogP contribution < -0.4 is 15.5 Å². The molecule has 3 aromatic carbocycles. The Morgan fingerprint density at radius 2 is 1.26 bits per heavy atom. The van der Waals surface area contributed by atoms with Crippen molar-refractivity contribution < 1.29 is 0 Å². The Hall–Kier alpha value is -2.94. The second-order valence-corrected chi connectivity index (χ2v) is 7.13. The minimum Gasteiger partial charge on any atom is -0.380 e. The maximum atomic E-state index is 4.00. The SMILES string of the molecule is [CH2]c1ccc(N2CCC(Nc3ccccc3)C(Nc3ccccc3)C2)cc1. The van der Waals surface area contributed by atoms with Crippen LogP contribution in [-0.4, -0.2) is 25.2 Å². The maximum Gasteiger partial charge on any atom is 0.0638 e. The Morgan fingerprint density at radius 3 is 1.85 bits per heavy atom. The maximum absolute atomic E-state index is 4.00. The van der Waals surface area contributed by atoms with Crippen LogP contribution >= 0.6 is 0 Å².